The Balaban J connectivity index is 1.91. The molecule has 0 spiro atoms. The van der Waals surface area contributed by atoms with Gasteiger partial charge < -0.3 is 5.32 Å². The summed E-state index contributed by atoms with van der Waals surface area (Å²) in [5.74, 6) is 0.507. The zero-order valence-corrected chi connectivity index (χ0v) is 12.9. The highest BCUT2D eigenvalue weighted by Gasteiger charge is 2.08. The maximum absolute atomic E-state index is 11.8. The van der Waals surface area contributed by atoms with Crippen LogP contribution >= 0.6 is 11.3 Å². The summed E-state index contributed by atoms with van der Waals surface area (Å²) in [4.78, 5) is 16.7. The smallest absolute Gasteiger partial charge is 0.275 e. The van der Waals surface area contributed by atoms with Gasteiger partial charge in [-0.3, -0.25) is 4.79 Å². The first-order valence-electron chi connectivity index (χ1n) is 6.77. The van der Waals surface area contributed by atoms with Gasteiger partial charge in [0.25, 0.3) is 5.56 Å². The van der Waals surface area contributed by atoms with Crippen molar-refractivity contribution >= 4 is 27.1 Å². The minimum atomic E-state index is -0.156. The summed E-state index contributed by atoms with van der Waals surface area (Å²) < 4.78 is 1.32. The molecule has 0 aliphatic rings. The Morgan fingerprint density at radius 3 is 2.62 bits per heavy atom. The van der Waals surface area contributed by atoms with Gasteiger partial charge >= 0.3 is 0 Å². The fourth-order valence-corrected chi connectivity index (χ4v) is 2.92. The molecule has 0 unspecified atom stereocenters. The summed E-state index contributed by atoms with van der Waals surface area (Å²) in [6.07, 6.45) is 0. The number of benzene rings is 1. The van der Waals surface area contributed by atoms with Gasteiger partial charge in [-0.1, -0.05) is 37.3 Å². The van der Waals surface area contributed by atoms with Crippen molar-refractivity contribution in [2.24, 2.45) is 0 Å². The van der Waals surface area contributed by atoms with E-state index in [9.17, 15) is 4.79 Å². The third-order valence-corrected chi connectivity index (χ3v) is 4.03. The average Bonchev–Trinajstić information content (AvgIpc) is 2.82. The molecule has 0 saturated heterocycles. The van der Waals surface area contributed by atoms with E-state index in [2.05, 4.69) is 41.4 Å². The van der Waals surface area contributed by atoms with Crippen LogP contribution in [-0.2, 0) is 0 Å². The van der Waals surface area contributed by atoms with Crippen molar-refractivity contribution in [2.75, 3.05) is 5.32 Å². The van der Waals surface area contributed by atoms with E-state index in [0.29, 0.717) is 21.7 Å². The zero-order chi connectivity index (χ0) is 15.0. The van der Waals surface area contributed by atoms with Crippen LogP contribution in [0.3, 0.4) is 0 Å². The fourth-order valence-electron chi connectivity index (χ4n) is 2.05. The van der Waals surface area contributed by atoms with Crippen LogP contribution in [-0.4, -0.2) is 14.6 Å². The van der Waals surface area contributed by atoms with Crippen LogP contribution in [0.5, 0.6) is 0 Å². The highest BCUT2D eigenvalue weighted by molar-refractivity contribution is 7.20. The van der Waals surface area contributed by atoms with Gasteiger partial charge in [-0.2, -0.15) is 4.52 Å². The zero-order valence-electron chi connectivity index (χ0n) is 12.1. The van der Waals surface area contributed by atoms with E-state index >= 15 is 0 Å². The molecule has 3 aromatic rings. The predicted octanol–water partition coefficient (Wildman–Crippen LogP) is 3.33. The van der Waals surface area contributed by atoms with Gasteiger partial charge in [-0.25, -0.2) is 4.98 Å². The molecule has 0 aliphatic heterocycles. The van der Waals surface area contributed by atoms with E-state index in [1.165, 1.54) is 27.5 Å². The van der Waals surface area contributed by atoms with Crippen molar-refractivity contribution < 1.29 is 0 Å². The second-order valence-corrected chi connectivity index (χ2v) is 6.20. The molecular weight excluding hydrogens is 284 g/mol. The minimum absolute atomic E-state index is 0.156. The number of hydrogen-bond donors (Lipinski definition) is 1. The van der Waals surface area contributed by atoms with Crippen molar-refractivity contribution in [3.63, 3.8) is 0 Å². The summed E-state index contributed by atoms with van der Waals surface area (Å²) in [7, 11) is 0. The van der Waals surface area contributed by atoms with Gasteiger partial charge in [0.1, 0.15) is 0 Å². The van der Waals surface area contributed by atoms with Crippen molar-refractivity contribution in [3.05, 3.63) is 51.9 Å². The van der Waals surface area contributed by atoms with Gasteiger partial charge in [0, 0.05) is 17.4 Å². The number of nitrogens with zero attached hydrogens (tertiary/aromatic N) is 3. The van der Waals surface area contributed by atoms with Gasteiger partial charge in [0.15, 0.2) is 0 Å². The first-order valence-corrected chi connectivity index (χ1v) is 7.59. The Bertz CT molecular complexity index is 833. The maximum atomic E-state index is 11.8. The summed E-state index contributed by atoms with van der Waals surface area (Å²) in [6.45, 7) is 6.13. The second kappa shape index (κ2) is 5.29. The number of fused-ring (bicyclic) bond motifs is 1. The lowest BCUT2D eigenvalue weighted by Crippen LogP contribution is -2.14. The molecule has 1 N–H and O–H groups in total. The third-order valence-electron chi connectivity index (χ3n) is 3.20. The molecule has 1 aromatic carbocycles. The SMILES string of the molecule is Cc1cc(=O)n2nc(Nc3ccc(C(C)C)cc3)sc2n1. The van der Waals surface area contributed by atoms with Crippen molar-refractivity contribution in [2.45, 2.75) is 26.7 Å². The third kappa shape index (κ3) is 2.80. The number of hydrogen-bond acceptors (Lipinski definition) is 5. The van der Waals surface area contributed by atoms with Crippen molar-refractivity contribution in [3.8, 4) is 0 Å². The Labute approximate surface area is 126 Å². The molecule has 2 aromatic heterocycles. The summed E-state index contributed by atoms with van der Waals surface area (Å²) in [5, 5.41) is 8.12. The lowest BCUT2D eigenvalue weighted by Gasteiger charge is -2.06. The topological polar surface area (TPSA) is 59.3 Å². The molecule has 5 nitrogen and oxygen atoms in total. The van der Waals surface area contributed by atoms with Gasteiger partial charge in [0.05, 0.1) is 0 Å². The Morgan fingerprint density at radius 2 is 1.95 bits per heavy atom. The average molecular weight is 300 g/mol. The lowest BCUT2D eigenvalue weighted by atomic mass is 10.0. The van der Waals surface area contributed by atoms with Crippen LogP contribution in [0.2, 0.25) is 0 Å². The fraction of sp³-hybridized carbons (Fsp3) is 0.267. The highest BCUT2D eigenvalue weighted by Crippen LogP contribution is 2.23. The van der Waals surface area contributed by atoms with Gasteiger partial charge in [0.2, 0.25) is 10.1 Å². The van der Waals surface area contributed by atoms with Crippen LogP contribution in [0.1, 0.15) is 31.0 Å². The van der Waals surface area contributed by atoms with Gasteiger partial charge in [-0.15, -0.1) is 5.10 Å². The molecule has 108 valence electrons. The lowest BCUT2D eigenvalue weighted by molar-refractivity contribution is 0.867. The van der Waals surface area contributed by atoms with E-state index in [1.54, 1.807) is 6.92 Å². The molecule has 0 radical (unpaired) electrons. The summed E-state index contributed by atoms with van der Waals surface area (Å²) in [6, 6.07) is 9.70. The first kappa shape index (κ1) is 13.8. The van der Waals surface area contributed by atoms with Crippen LogP contribution in [0, 0.1) is 6.92 Å². The number of anilines is 2. The largest absolute Gasteiger partial charge is 0.330 e. The molecule has 6 heteroatoms. The first-order chi connectivity index (χ1) is 10.0. The Hall–Kier alpha value is -2.21. The normalized spacial score (nSPS) is 11.2. The molecule has 0 fully saturated rings. The second-order valence-electron chi connectivity index (χ2n) is 5.24. The van der Waals surface area contributed by atoms with Crippen molar-refractivity contribution in [1.82, 2.24) is 14.6 Å². The molecule has 0 atom stereocenters. The van der Waals surface area contributed by atoms with E-state index in [-0.39, 0.29) is 5.56 Å². The van der Waals surface area contributed by atoms with Crippen LogP contribution < -0.4 is 10.9 Å². The number of nitrogens with one attached hydrogen (secondary N) is 1. The number of rotatable bonds is 3. The quantitative estimate of drug-likeness (QED) is 0.806. The number of aryl methyl sites for hydroxylation is 1. The van der Waals surface area contributed by atoms with Crippen LogP contribution in [0.4, 0.5) is 10.8 Å². The van der Waals surface area contributed by atoms with Gasteiger partial charge in [-0.05, 0) is 30.5 Å². The minimum Gasteiger partial charge on any atom is -0.330 e. The van der Waals surface area contributed by atoms with Crippen molar-refractivity contribution in [1.29, 1.82) is 0 Å². The monoisotopic (exact) mass is 300 g/mol. The Kier molecular flexibility index (Phi) is 3.47. The predicted molar refractivity (Wildman–Crippen MR) is 85.7 cm³/mol. The molecule has 0 amide bonds. The maximum Gasteiger partial charge on any atom is 0.275 e. The van der Waals surface area contributed by atoms with E-state index in [1.807, 2.05) is 12.1 Å². The molecule has 0 aliphatic carbocycles. The number of aromatic nitrogens is 3. The van der Waals surface area contributed by atoms with E-state index < -0.39 is 0 Å². The van der Waals surface area contributed by atoms with E-state index in [0.717, 1.165) is 5.69 Å². The molecule has 2 heterocycles. The summed E-state index contributed by atoms with van der Waals surface area (Å²) >= 11 is 1.36. The van der Waals surface area contributed by atoms with E-state index in [4.69, 9.17) is 0 Å². The molecule has 0 saturated carbocycles. The standard InChI is InChI=1S/C15H16N4OS/c1-9(2)11-4-6-12(7-5-11)17-14-18-19-13(20)8-10(3)16-15(19)21-14/h4-9H,1-3H3,(H,17,18). The highest BCUT2D eigenvalue weighted by atomic mass is 32.1. The summed E-state index contributed by atoms with van der Waals surface area (Å²) in [5.41, 5.74) is 2.79. The molecule has 0 bridgehead atoms. The van der Waals surface area contributed by atoms with Crippen LogP contribution in [0.15, 0.2) is 35.1 Å². The molecular formula is C15H16N4OS. The Morgan fingerprint density at radius 1 is 1.24 bits per heavy atom. The van der Waals surface area contributed by atoms with Crippen LogP contribution in [0.25, 0.3) is 4.96 Å². The molecule has 21 heavy (non-hydrogen) atoms. The molecule has 3 rings (SSSR count).